The van der Waals surface area contributed by atoms with Gasteiger partial charge in [0.2, 0.25) is 5.91 Å². The van der Waals surface area contributed by atoms with E-state index < -0.39 is 0 Å². The van der Waals surface area contributed by atoms with Crippen LogP contribution in [0.1, 0.15) is 54.8 Å². The molecule has 5 rings (SSSR count). The van der Waals surface area contributed by atoms with Crippen molar-refractivity contribution in [2.45, 2.75) is 44.1 Å². The van der Waals surface area contributed by atoms with Gasteiger partial charge >= 0.3 is 0 Å². The fourth-order valence-corrected chi connectivity index (χ4v) is 4.84. The molecule has 1 atom stereocenters. The van der Waals surface area contributed by atoms with E-state index in [-0.39, 0.29) is 11.9 Å². The standard InChI is InChI=1S/C26H29N7O2/c1-35-11-7-24(34)33-10-9-32(16-22(33)18-2-3-18)26-20(15-28)13-21(25(31-26)19-4-5-19)30-23-12-17(14-27)6-8-29-23/h6,8,12-13,18-19,22H,2-5,7,9-11,16H2,1H3,(H,29,30). The Kier molecular flexibility index (Phi) is 6.52. The quantitative estimate of drug-likeness (QED) is 0.623. The van der Waals surface area contributed by atoms with E-state index in [0.717, 1.165) is 37.1 Å². The summed E-state index contributed by atoms with van der Waals surface area (Å²) in [6.45, 7) is 2.39. The van der Waals surface area contributed by atoms with Gasteiger partial charge in [-0.2, -0.15) is 10.5 Å². The molecule has 180 valence electrons. The van der Waals surface area contributed by atoms with Crippen LogP contribution in [0.3, 0.4) is 0 Å². The molecule has 9 heteroatoms. The van der Waals surface area contributed by atoms with Crippen molar-refractivity contribution in [2.24, 2.45) is 5.92 Å². The fraction of sp³-hybridized carbons (Fsp3) is 0.500. The van der Waals surface area contributed by atoms with Crippen molar-refractivity contribution in [1.82, 2.24) is 14.9 Å². The number of pyridine rings is 2. The number of rotatable bonds is 8. The number of piperazine rings is 1. The Balaban J connectivity index is 1.42. The van der Waals surface area contributed by atoms with Crippen LogP contribution in [0.5, 0.6) is 0 Å². The maximum absolute atomic E-state index is 12.8. The number of hydrogen-bond acceptors (Lipinski definition) is 8. The van der Waals surface area contributed by atoms with Crippen molar-refractivity contribution < 1.29 is 9.53 Å². The Morgan fingerprint density at radius 3 is 2.71 bits per heavy atom. The smallest absolute Gasteiger partial charge is 0.225 e. The Bertz CT molecular complexity index is 1190. The highest BCUT2D eigenvalue weighted by atomic mass is 16.5. The zero-order chi connectivity index (χ0) is 24.4. The predicted octanol–water partition coefficient (Wildman–Crippen LogP) is 3.30. The van der Waals surface area contributed by atoms with Crippen LogP contribution >= 0.6 is 0 Å². The number of amides is 1. The summed E-state index contributed by atoms with van der Waals surface area (Å²) in [5.41, 5.74) is 2.72. The first-order valence-corrected chi connectivity index (χ1v) is 12.2. The molecule has 0 aromatic carbocycles. The monoisotopic (exact) mass is 471 g/mol. The van der Waals surface area contributed by atoms with E-state index in [1.54, 1.807) is 25.4 Å². The highest BCUT2D eigenvalue weighted by molar-refractivity contribution is 5.77. The summed E-state index contributed by atoms with van der Waals surface area (Å²) in [6, 6.07) is 9.81. The summed E-state index contributed by atoms with van der Waals surface area (Å²) in [5.74, 6) is 2.26. The molecule has 3 aliphatic rings. The van der Waals surface area contributed by atoms with Crippen LogP contribution in [0.2, 0.25) is 0 Å². The van der Waals surface area contributed by atoms with E-state index in [4.69, 9.17) is 9.72 Å². The van der Waals surface area contributed by atoms with Gasteiger partial charge in [-0.25, -0.2) is 9.97 Å². The summed E-state index contributed by atoms with van der Waals surface area (Å²) in [5, 5.41) is 22.5. The lowest BCUT2D eigenvalue weighted by Gasteiger charge is -2.42. The van der Waals surface area contributed by atoms with Crippen molar-refractivity contribution in [1.29, 1.82) is 10.5 Å². The molecule has 2 aromatic heterocycles. The van der Waals surface area contributed by atoms with Gasteiger partial charge in [0.25, 0.3) is 0 Å². The highest BCUT2D eigenvalue weighted by Crippen LogP contribution is 2.45. The molecule has 2 aromatic rings. The van der Waals surface area contributed by atoms with Gasteiger partial charge in [-0.15, -0.1) is 0 Å². The van der Waals surface area contributed by atoms with Crippen molar-refractivity contribution in [3.05, 3.63) is 41.2 Å². The summed E-state index contributed by atoms with van der Waals surface area (Å²) >= 11 is 0. The highest BCUT2D eigenvalue weighted by Gasteiger charge is 2.41. The summed E-state index contributed by atoms with van der Waals surface area (Å²) in [6.07, 6.45) is 6.38. The average molecular weight is 472 g/mol. The number of aromatic nitrogens is 2. The van der Waals surface area contributed by atoms with E-state index in [2.05, 4.69) is 27.3 Å². The van der Waals surface area contributed by atoms with E-state index in [1.165, 1.54) is 0 Å². The van der Waals surface area contributed by atoms with Gasteiger partial charge in [-0.1, -0.05) is 0 Å². The second kappa shape index (κ2) is 9.89. The molecule has 1 unspecified atom stereocenters. The Hall–Kier alpha value is -3.69. The van der Waals surface area contributed by atoms with Crippen molar-refractivity contribution in [3.63, 3.8) is 0 Å². The number of hydrogen-bond donors (Lipinski definition) is 1. The lowest BCUT2D eigenvalue weighted by atomic mass is 10.0. The Morgan fingerprint density at radius 2 is 2.03 bits per heavy atom. The van der Waals surface area contributed by atoms with Gasteiger partial charge in [0.1, 0.15) is 17.7 Å². The number of nitrogens with zero attached hydrogens (tertiary/aromatic N) is 6. The SMILES string of the molecule is COCCC(=O)N1CCN(c2nc(C3CC3)c(Nc3cc(C#N)ccn3)cc2C#N)CC1C1CC1. The average Bonchev–Trinajstić information content (AvgIpc) is 3.80. The Morgan fingerprint density at radius 1 is 1.20 bits per heavy atom. The number of carbonyl (C=O) groups is 1. The molecular weight excluding hydrogens is 442 g/mol. The third-order valence-electron chi connectivity index (χ3n) is 6.99. The van der Waals surface area contributed by atoms with Gasteiger partial charge in [-0.3, -0.25) is 4.79 Å². The number of carbonyl (C=O) groups excluding carboxylic acids is 1. The van der Waals surface area contributed by atoms with Crippen molar-refractivity contribution in [3.8, 4) is 12.1 Å². The van der Waals surface area contributed by atoms with Crippen LogP contribution in [0.25, 0.3) is 0 Å². The molecule has 1 amide bonds. The molecule has 9 nitrogen and oxygen atoms in total. The second-order valence-electron chi connectivity index (χ2n) is 9.53. The summed E-state index contributed by atoms with van der Waals surface area (Å²) in [4.78, 5) is 26.4. The fourth-order valence-electron chi connectivity index (χ4n) is 4.84. The lowest BCUT2D eigenvalue weighted by molar-refractivity contribution is -0.135. The molecular formula is C26H29N7O2. The van der Waals surface area contributed by atoms with Crippen LogP contribution in [-0.2, 0) is 9.53 Å². The van der Waals surface area contributed by atoms with Gasteiger partial charge in [0, 0.05) is 38.9 Å². The van der Waals surface area contributed by atoms with E-state index in [0.29, 0.717) is 67.3 Å². The molecule has 2 aliphatic carbocycles. The minimum atomic E-state index is 0.140. The molecule has 3 heterocycles. The lowest BCUT2D eigenvalue weighted by Crippen LogP contribution is -2.56. The molecule has 0 bridgehead atoms. The van der Waals surface area contributed by atoms with Gasteiger partial charge in [-0.05, 0) is 49.8 Å². The molecule has 2 saturated carbocycles. The first kappa shape index (κ1) is 23.1. The normalized spacial score (nSPS) is 19.7. The molecule has 35 heavy (non-hydrogen) atoms. The minimum Gasteiger partial charge on any atom is -0.384 e. The zero-order valence-electron chi connectivity index (χ0n) is 19.9. The van der Waals surface area contributed by atoms with Crippen LogP contribution in [0.15, 0.2) is 24.4 Å². The second-order valence-corrected chi connectivity index (χ2v) is 9.53. The van der Waals surface area contributed by atoms with Gasteiger partial charge in [0.05, 0.1) is 47.6 Å². The van der Waals surface area contributed by atoms with E-state index in [9.17, 15) is 15.3 Å². The number of nitrogens with one attached hydrogen (secondary N) is 1. The van der Waals surface area contributed by atoms with Crippen LogP contribution < -0.4 is 10.2 Å². The molecule has 1 aliphatic heterocycles. The van der Waals surface area contributed by atoms with Gasteiger partial charge in [0.15, 0.2) is 0 Å². The van der Waals surface area contributed by atoms with Crippen LogP contribution in [0, 0.1) is 28.6 Å². The maximum Gasteiger partial charge on any atom is 0.225 e. The molecule has 1 N–H and O–H groups in total. The van der Waals surface area contributed by atoms with Crippen LogP contribution in [0.4, 0.5) is 17.3 Å². The third kappa shape index (κ3) is 5.06. The van der Waals surface area contributed by atoms with E-state index >= 15 is 0 Å². The number of anilines is 3. The first-order valence-electron chi connectivity index (χ1n) is 12.2. The van der Waals surface area contributed by atoms with Crippen LogP contribution in [-0.4, -0.2) is 60.2 Å². The maximum atomic E-state index is 12.8. The van der Waals surface area contributed by atoms with Crippen molar-refractivity contribution >= 4 is 23.2 Å². The summed E-state index contributed by atoms with van der Waals surface area (Å²) < 4.78 is 5.11. The topological polar surface area (TPSA) is 118 Å². The van der Waals surface area contributed by atoms with E-state index in [1.807, 2.05) is 11.0 Å². The Labute approximate surface area is 205 Å². The number of nitriles is 2. The molecule has 1 saturated heterocycles. The van der Waals surface area contributed by atoms with Gasteiger partial charge < -0.3 is 19.9 Å². The molecule has 3 fully saturated rings. The minimum absolute atomic E-state index is 0.140. The third-order valence-corrected chi connectivity index (χ3v) is 6.99. The number of methoxy groups -OCH3 is 1. The largest absolute Gasteiger partial charge is 0.384 e. The number of ether oxygens (including phenoxy) is 1. The zero-order valence-corrected chi connectivity index (χ0v) is 19.9. The first-order chi connectivity index (χ1) is 17.1. The van der Waals surface area contributed by atoms with Crippen molar-refractivity contribution in [2.75, 3.05) is 43.6 Å². The summed E-state index contributed by atoms with van der Waals surface area (Å²) in [7, 11) is 1.62. The predicted molar refractivity (Wildman–Crippen MR) is 130 cm³/mol. The molecule has 0 spiro atoms. The molecule has 0 radical (unpaired) electrons.